The Bertz CT molecular complexity index is 1040. The highest BCUT2D eigenvalue weighted by molar-refractivity contribution is 6.07. The van der Waals surface area contributed by atoms with Gasteiger partial charge < -0.3 is 10.1 Å². The lowest BCUT2D eigenvalue weighted by molar-refractivity contribution is -0.385. The van der Waals surface area contributed by atoms with Gasteiger partial charge in [0.25, 0.3) is 0 Å². The van der Waals surface area contributed by atoms with Crippen molar-refractivity contribution in [1.29, 1.82) is 0 Å². The van der Waals surface area contributed by atoms with Gasteiger partial charge in [-0.2, -0.15) is 0 Å². The summed E-state index contributed by atoms with van der Waals surface area (Å²) in [5.74, 6) is -0.570. The molecule has 0 unspecified atom stereocenters. The molecule has 132 valence electrons. The van der Waals surface area contributed by atoms with Crippen LogP contribution in [0.1, 0.15) is 23.1 Å². The largest absolute Gasteiger partial charge is 0.490 e. The van der Waals surface area contributed by atoms with Crippen molar-refractivity contribution in [3.05, 3.63) is 64.2 Å². The van der Waals surface area contributed by atoms with Gasteiger partial charge in [0.2, 0.25) is 11.7 Å². The lowest BCUT2D eigenvalue weighted by atomic mass is 10.1. The van der Waals surface area contributed by atoms with Crippen LogP contribution in [0.5, 0.6) is 5.75 Å². The summed E-state index contributed by atoms with van der Waals surface area (Å²) in [6.45, 7) is 1.38. The predicted molar refractivity (Wildman–Crippen MR) is 92.6 cm³/mol. The van der Waals surface area contributed by atoms with E-state index >= 15 is 0 Å². The Balaban J connectivity index is 2.04. The number of ether oxygens (including phenoxy) is 1. The molecule has 2 aromatic heterocycles. The van der Waals surface area contributed by atoms with Crippen molar-refractivity contribution in [2.45, 2.75) is 6.92 Å². The lowest BCUT2D eigenvalue weighted by Gasteiger charge is -2.06. The minimum absolute atomic E-state index is 0.0133. The molecule has 0 bridgehead atoms. The molecule has 1 N–H and O–H groups in total. The van der Waals surface area contributed by atoms with Crippen LogP contribution < -0.4 is 10.1 Å². The van der Waals surface area contributed by atoms with Crippen LogP contribution in [0.15, 0.2) is 42.7 Å². The van der Waals surface area contributed by atoms with Crippen LogP contribution in [-0.2, 0) is 4.79 Å². The van der Waals surface area contributed by atoms with Crippen molar-refractivity contribution < 1.29 is 19.2 Å². The first-order chi connectivity index (χ1) is 12.4. The first-order valence-electron chi connectivity index (χ1n) is 7.52. The zero-order valence-electron chi connectivity index (χ0n) is 13.9. The summed E-state index contributed by atoms with van der Waals surface area (Å²) in [4.78, 5) is 38.5. The topological polar surface area (TPSA) is 116 Å². The van der Waals surface area contributed by atoms with Crippen molar-refractivity contribution in [2.24, 2.45) is 0 Å². The average Bonchev–Trinajstić information content (AvgIpc) is 3.03. The summed E-state index contributed by atoms with van der Waals surface area (Å²) in [7, 11) is 1.29. The van der Waals surface area contributed by atoms with Gasteiger partial charge in [-0.3, -0.25) is 24.1 Å². The summed E-state index contributed by atoms with van der Waals surface area (Å²) in [6, 6.07) is 7.28. The van der Waals surface area contributed by atoms with Crippen LogP contribution in [0.2, 0.25) is 0 Å². The molecule has 1 aromatic carbocycles. The van der Waals surface area contributed by atoms with Gasteiger partial charge in [0.1, 0.15) is 0 Å². The molecule has 9 nitrogen and oxygen atoms in total. The van der Waals surface area contributed by atoms with Crippen molar-refractivity contribution in [3.63, 3.8) is 0 Å². The summed E-state index contributed by atoms with van der Waals surface area (Å²) < 4.78 is 6.54. The van der Waals surface area contributed by atoms with Crippen LogP contribution >= 0.6 is 0 Å². The van der Waals surface area contributed by atoms with E-state index in [2.05, 4.69) is 10.3 Å². The third-order valence-corrected chi connectivity index (χ3v) is 3.69. The highest BCUT2D eigenvalue weighted by Gasteiger charge is 2.21. The zero-order valence-corrected chi connectivity index (χ0v) is 13.9. The molecule has 26 heavy (non-hydrogen) atoms. The normalized spacial score (nSPS) is 10.5. The van der Waals surface area contributed by atoms with Gasteiger partial charge in [0.15, 0.2) is 11.6 Å². The Kier molecular flexibility index (Phi) is 4.36. The van der Waals surface area contributed by atoms with Gasteiger partial charge in [-0.25, -0.2) is 4.98 Å². The number of anilines is 1. The minimum Gasteiger partial charge on any atom is -0.490 e. The van der Waals surface area contributed by atoms with Crippen molar-refractivity contribution in [2.75, 3.05) is 12.4 Å². The van der Waals surface area contributed by atoms with E-state index in [-0.39, 0.29) is 28.7 Å². The Morgan fingerprint density at radius 3 is 2.69 bits per heavy atom. The summed E-state index contributed by atoms with van der Waals surface area (Å²) >= 11 is 0. The quantitative estimate of drug-likeness (QED) is 0.427. The van der Waals surface area contributed by atoms with E-state index in [0.29, 0.717) is 11.2 Å². The maximum atomic E-state index is 12.8. The van der Waals surface area contributed by atoms with Crippen LogP contribution in [0.3, 0.4) is 0 Å². The second-order valence-electron chi connectivity index (χ2n) is 5.45. The third-order valence-electron chi connectivity index (χ3n) is 3.69. The van der Waals surface area contributed by atoms with E-state index in [1.54, 1.807) is 22.7 Å². The number of pyridine rings is 1. The molecule has 0 aliphatic heterocycles. The number of nitro benzene ring substituents is 1. The van der Waals surface area contributed by atoms with E-state index in [1.165, 1.54) is 38.4 Å². The van der Waals surface area contributed by atoms with Crippen LogP contribution in [-0.4, -0.2) is 33.1 Å². The van der Waals surface area contributed by atoms with E-state index in [4.69, 9.17) is 4.74 Å². The molecular formula is C17H14N4O5. The van der Waals surface area contributed by atoms with Gasteiger partial charge in [-0.15, -0.1) is 0 Å². The van der Waals surface area contributed by atoms with Gasteiger partial charge >= 0.3 is 5.69 Å². The number of nitrogens with one attached hydrogen (secondary N) is 1. The number of amides is 1. The Hall–Kier alpha value is -3.75. The molecule has 0 aliphatic rings. The van der Waals surface area contributed by atoms with Gasteiger partial charge in [-0.05, 0) is 24.3 Å². The molecule has 3 rings (SSSR count). The zero-order chi connectivity index (χ0) is 18.8. The number of carbonyl (C=O) groups is 2. The molecule has 0 saturated heterocycles. The number of fused-ring (bicyclic) bond motifs is 1. The monoisotopic (exact) mass is 354 g/mol. The van der Waals surface area contributed by atoms with E-state index in [1.807, 2.05) is 0 Å². The molecule has 9 heteroatoms. The lowest BCUT2D eigenvalue weighted by Crippen LogP contribution is -2.10. The number of rotatable bonds is 5. The fraction of sp³-hybridized carbons (Fsp3) is 0.118. The maximum absolute atomic E-state index is 12.8. The average molecular weight is 354 g/mol. The Morgan fingerprint density at radius 1 is 1.27 bits per heavy atom. The molecule has 0 aliphatic carbocycles. The number of methoxy groups -OCH3 is 1. The number of hydrogen-bond donors (Lipinski definition) is 1. The minimum atomic E-state index is -0.586. The van der Waals surface area contributed by atoms with Gasteiger partial charge in [0, 0.05) is 24.8 Å². The number of ketones is 1. The van der Waals surface area contributed by atoms with Crippen molar-refractivity contribution in [1.82, 2.24) is 9.38 Å². The molecule has 0 atom stereocenters. The second kappa shape index (κ2) is 6.63. The molecule has 0 fully saturated rings. The molecule has 0 radical (unpaired) electrons. The summed E-state index contributed by atoms with van der Waals surface area (Å²) in [5.41, 5.74) is 1.14. The number of benzene rings is 1. The first kappa shape index (κ1) is 17.1. The summed E-state index contributed by atoms with van der Waals surface area (Å²) in [5, 5.41) is 13.6. The highest BCUT2D eigenvalue weighted by atomic mass is 16.6. The number of nitro groups is 1. The Morgan fingerprint density at radius 2 is 2.04 bits per heavy atom. The van der Waals surface area contributed by atoms with Crippen LogP contribution in [0.4, 0.5) is 11.4 Å². The molecule has 1 amide bonds. The molecule has 0 spiro atoms. The van der Waals surface area contributed by atoms with Crippen molar-refractivity contribution in [3.8, 4) is 5.75 Å². The van der Waals surface area contributed by atoms with Crippen molar-refractivity contribution >= 4 is 28.6 Å². The van der Waals surface area contributed by atoms with Gasteiger partial charge in [-0.1, -0.05) is 0 Å². The van der Waals surface area contributed by atoms with Crippen LogP contribution in [0, 0.1) is 10.1 Å². The second-order valence-corrected chi connectivity index (χ2v) is 5.45. The summed E-state index contributed by atoms with van der Waals surface area (Å²) in [6.07, 6.45) is 3.10. The number of hydrogen-bond acceptors (Lipinski definition) is 6. The maximum Gasteiger partial charge on any atom is 0.310 e. The highest BCUT2D eigenvalue weighted by Crippen LogP contribution is 2.28. The first-order valence-corrected chi connectivity index (χ1v) is 7.52. The fourth-order valence-electron chi connectivity index (χ4n) is 2.53. The van der Waals surface area contributed by atoms with E-state index in [9.17, 15) is 19.7 Å². The molecule has 3 aromatic rings. The van der Waals surface area contributed by atoms with E-state index < -0.39 is 10.7 Å². The standard InChI is InChI=1S/C17H14N4O5/c1-10(22)19-12-4-5-13-8-18-17(20(13)9-12)16(23)11-3-6-14(21(24)25)15(7-11)26-2/h3-9H,1-2H3,(H,19,22). The fourth-order valence-corrected chi connectivity index (χ4v) is 2.53. The third kappa shape index (κ3) is 3.09. The number of carbonyl (C=O) groups excluding carboxylic acids is 2. The van der Waals surface area contributed by atoms with Gasteiger partial charge in [0.05, 0.1) is 29.4 Å². The SMILES string of the molecule is COc1cc(C(=O)c2ncc3ccc(NC(C)=O)cn23)ccc1[N+](=O)[O-]. The predicted octanol–water partition coefficient (Wildman–Crippen LogP) is 2.44. The Labute approximate surface area is 147 Å². The smallest absolute Gasteiger partial charge is 0.310 e. The molecular weight excluding hydrogens is 340 g/mol. The number of aromatic nitrogens is 2. The number of imidazole rings is 1. The van der Waals surface area contributed by atoms with E-state index in [0.717, 1.165) is 0 Å². The molecule has 2 heterocycles. The molecule has 0 saturated carbocycles. The van der Waals surface area contributed by atoms with Crippen LogP contribution in [0.25, 0.3) is 5.52 Å². The number of nitrogens with zero attached hydrogens (tertiary/aromatic N) is 3.